The first kappa shape index (κ1) is 21.2. The highest BCUT2D eigenvalue weighted by Crippen LogP contribution is 2.30. The van der Waals surface area contributed by atoms with Gasteiger partial charge in [-0.2, -0.15) is 5.10 Å². The number of carbonyl (C=O) groups is 1. The molecule has 3 aromatic rings. The third kappa shape index (κ3) is 5.12. The maximum atomic E-state index is 12.4. The first-order chi connectivity index (χ1) is 14.8. The zero-order valence-corrected chi connectivity index (χ0v) is 16.5. The van der Waals surface area contributed by atoms with Crippen LogP contribution in [0.5, 0.6) is 17.2 Å². The van der Waals surface area contributed by atoms with Gasteiger partial charge in [0.2, 0.25) is 5.91 Å². The van der Waals surface area contributed by atoms with Gasteiger partial charge in [0.05, 0.1) is 28.7 Å². The van der Waals surface area contributed by atoms with Crippen molar-refractivity contribution in [2.75, 3.05) is 12.4 Å². The number of nitrogens with one attached hydrogen (secondary N) is 1. The summed E-state index contributed by atoms with van der Waals surface area (Å²) in [4.78, 5) is 33.3. The summed E-state index contributed by atoms with van der Waals surface area (Å²) in [6.07, 6.45) is 1.05. The number of carbonyl (C=O) groups excluding carboxylic acids is 1. The van der Waals surface area contributed by atoms with Crippen molar-refractivity contribution in [1.82, 2.24) is 9.78 Å². The molecule has 1 aromatic heterocycles. The van der Waals surface area contributed by atoms with Crippen LogP contribution in [0.25, 0.3) is 0 Å². The number of benzene rings is 2. The molecule has 0 saturated heterocycles. The smallest absolute Gasteiger partial charge is 0.309 e. The van der Waals surface area contributed by atoms with Crippen molar-refractivity contribution >= 4 is 23.0 Å². The fraction of sp³-hybridized carbons (Fsp3) is 0.158. The SMILES string of the molecule is COc1ccc(Oc2cc(NC(=O)Cn3ncc([N+](=O)[O-])c3C)cc([N+](=O)[O-])c2)cc1. The molecule has 12 heteroatoms. The van der Waals surface area contributed by atoms with Crippen molar-refractivity contribution in [2.24, 2.45) is 0 Å². The highest BCUT2D eigenvalue weighted by molar-refractivity contribution is 5.91. The molecule has 2 aromatic carbocycles. The first-order valence-electron chi connectivity index (χ1n) is 8.85. The quantitative estimate of drug-likeness (QED) is 0.424. The molecule has 0 spiro atoms. The fourth-order valence-electron chi connectivity index (χ4n) is 2.71. The van der Waals surface area contributed by atoms with Crippen molar-refractivity contribution in [2.45, 2.75) is 13.5 Å². The Morgan fingerprint density at radius 3 is 2.32 bits per heavy atom. The molecule has 0 bridgehead atoms. The van der Waals surface area contributed by atoms with E-state index in [4.69, 9.17) is 9.47 Å². The van der Waals surface area contributed by atoms with E-state index in [0.717, 1.165) is 6.20 Å². The summed E-state index contributed by atoms with van der Waals surface area (Å²) in [5.41, 5.74) is -0.157. The number of nitro groups is 2. The van der Waals surface area contributed by atoms with Crippen LogP contribution in [0, 0.1) is 27.2 Å². The largest absolute Gasteiger partial charge is 0.497 e. The second kappa shape index (κ2) is 8.90. The average Bonchev–Trinajstić information content (AvgIpc) is 3.08. The van der Waals surface area contributed by atoms with E-state index in [1.54, 1.807) is 24.3 Å². The predicted molar refractivity (Wildman–Crippen MR) is 108 cm³/mol. The zero-order chi connectivity index (χ0) is 22.5. The van der Waals surface area contributed by atoms with Crippen LogP contribution >= 0.6 is 0 Å². The van der Waals surface area contributed by atoms with E-state index in [0.29, 0.717) is 11.5 Å². The second-order valence-corrected chi connectivity index (χ2v) is 6.33. The summed E-state index contributed by atoms with van der Waals surface area (Å²) in [5, 5.41) is 28.5. The predicted octanol–water partition coefficient (Wildman–Crippen LogP) is 3.45. The summed E-state index contributed by atoms with van der Waals surface area (Å²) < 4.78 is 11.9. The Morgan fingerprint density at radius 1 is 1.06 bits per heavy atom. The van der Waals surface area contributed by atoms with Gasteiger partial charge in [0, 0.05) is 12.1 Å². The van der Waals surface area contributed by atoms with E-state index < -0.39 is 15.8 Å². The van der Waals surface area contributed by atoms with E-state index in [-0.39, 0.29) is 35.1 Å². The molecular weight excluding hydrogens is 410 g/mol. The molecule has 0 aliphatic rings. The van der Waals surface area contributed by atoms with E-state index in [1.165, 1.54) is 36.9 Å². The Bertz CT molecular complexity index is 1140. The number of hydrogen-bond acceptors (Lipinski definition) is 8. The molecule has 0 radical (unpaired) electrons. The van der Waals surface area contributed by atoms with Gasteiger partial charge in [0.15, 0.2) is 0 Å². The van der Waals surface area contributed by atoms with Gasteiger partial charge >= 0.3 is 5.69 Å². The minimum Gasteiger partial charge on any atom is -0.497 e. The van der Waals surface area contributed by atoms with Gasteiger partial charge < -0.3 is 14.8 Å². The topological polar surface area (TPSA) is 152 Å². The van der Waals surface area contributed by atoms with Gasteiger partial charge in [-0.3, -0.25) is 29.7 Å². The van der Waals surface area contributed by atoms with E-state index in [9.17, 15) is 25.0 Å². The number of anilines is 1. The van der Waals surface area contributed by atoms with Crippen LogP contribution in [0.1, 0.15) is 5.69 Å². The average molecular weight is 427 g/mol. The number of amides is 1. The minimum atomic E-state index is -0.614. The number of ether oxygens (including phenoxy) is 2. The lowest BCUT2D eigenvalue weighted by Gasteiger charge is -2.10. The summed E-state index contributed by atoms with van der Waals surface area (Å²) in [6, 6.07) is 10.4. The Balaban J connectivity index is 1.79. The Hall–Kier alpha value is -4.48. The number of nitro benzene ring substituents is 1. The molecule has 0 aliphatic carbocycles. The van der Waals surface area contributed by atoms with Crippen LogP contribution < -0.4 is 14.8 Å². The standard InChI is InChI=1S/C19H17N5O7/c1-12-18(24(28)29)10-20-22(12)11-19(25)21-13-7-14(23(26)27)9-17(8-13)31-16-5-3-15(30-2)4-6-16/h3-10H,11H2,1-2H3,(H,21,25). The lowest BCUT2D eigenvalue weighted by atomic mass is 10.2. The van der Waals surface area contributed by atoms with Crippen LogP contribution in [0.15, 0.2) is 48.7 Å². The Kier molecular flexibility index (Phi) is 6.10. The summed E-state index contributed by atoms with van der Waals surface area (Å²) in [5.74, 6) is 0.601. The molecule has 3 rings (SSSR count). The summed E-state index contributed by atoms with van der Waals surface area (Å²) in [7, 11) is 1.52. The number of nitrogens with zero attached hydrogens (tertiary/aromatic N) is 4. The normalized spacial score (nSPS) is 10.4. The number of non-ortho nitro benzene ring substituents is 1. The molecule has 12 nitrogen and oxygen atoms in total. The van der Waals surface area contributed by atoms with Crippen molar-refractivity contribution in [1.29, 1.82) is 0 Å². The lowest BCUT2D eigenvalue weighted by molar-refractivity contribution is -0.385. The molecule has 1 amide bonds. The molecule has 0 unspecified atom stereocenters. The molecule has 160 valence electrons. The molecule has 1 N–H and O–H groups in total. The fourth-order valence-corrected chi connectivity index (χ4v) is 2.71. The van der Waals surface area contributed by atoms with Gasteiger partial charge in [0.25, 0.3) is 5.69 Å². The molecule has 0 aliphatic heterocycles. The second-order valence-electron chi connectivity index (χ2n) is 6.33. The monoisotopic (exact) mass is 427 g/mol. The van der Waals surface area contributed by atoms with Crippen LogP contribution in [-0.4, -0.2) is 32.6 Å². The van der Waals surface area contributed by atoms with Crippen molar-refractivity contribution in [3.8, 4) is 17.2 Å². The number of rotatable bonds is 8. The summed E-state index contributed by atoms with van der Waals surface area (Å²) in [6.45, 7) is 1.16. The van der Waals surface area contributed by atoms with Gasteiger partial charge in [-0.25, -0.2) is 0 Å². The molecule has 0 atom stereocenters. The van der Waals surface area contributed by atoms with Crippen molar-refractivity contribution < 1.29 is 24.1 Å². The van der Waals surface area contributed by atoms with Crippen LogP contribution in [-0.2, 0) is 11.3 Å². The third-order valence-electron chi connectivity index (χ3n) is 4.25. The van der Waals surface area contributed by atoms with Gasteiger partial charge in [-0.15, -0.1) is 0 Å². The molecule has 1 heterocycles. The first-order valence-corrected chi connectivity index (χ1v) is 8.85. The lowest BCUT2D eigenvalue weighted by Crippen LogP contribution is -2.20. The zero-order valence-electron chi connectivity index (χ0n) is 16.5. The van der Waals surface area contributed by atoms with E-state index in [2.05, 4.69) is 10.4 Å². The highest BCUT2D eigenvalue weighted by atomic mass is 16.6. The molecule has 31 heavy (non-hydrogen) atoms. The summed E-state index contributed by atoms with van der Waals surface area (Å²) >= 11 is 0. The third-order valence-corrected chi connectivity index (χ3v) is 4.25. The van der Waals surface area contributed by atoms with Crippen molar-refractivity contribution in [3.63, 3.8) is 0 Å². The van der Waals surface area contributed by atoms with Gasteiger partial charge in [-0.1, -0.05) is 0 Å². The van der Waals surface area contributed by atoms with E-state index in [1.807, 2.05) is 0 Å². The van der Waals surface area contributed by atoms with Crippen LogP contribution in [0.3, 0.4) is 0 Å². The van der Waals surface area contributed by atoms with E-state index >= 15 is 0 Å². The van der Waals surface area contributed by atoms with Gasteiger partial charge in [-0.05, 0) is 31.2 Å². The van der Waals surface area contributed by atoms with Crippen LogP contribution in [0.4, 0.5) is 17.1 Å². The minimum absolute atomic E-state index is 0.127. The number of aromatic nitrogens is 2. The number of hydrogen-bond donors (Lipinski definition) is 1. The maximum absolute atomic E-state index is 12.4. The van der Waals surface area contributed by atoms with Crippen LogP contribution in [0.2, 0.25) is 0 Å². The number of methoxy groups -OCH3 is 1. The van der Waals surface area contributed by atoms with Gasteiger partial charge in [0.1, 0.15) is 35.7 Å². The Morgan fingerprint density at radius 2 is 1.74 bits per heavy atom. The molecular formula is C19H17N5O7. The Labute approximate surface area is 175 Å². The molecule has 0 fully saturated rings. The maximum Gasteiger partial charge on any atom is 0.309 e. The highest BCUT2D eigenvalue weighted by Gasteiger charge is 2.19. The van der Waals surface area contributed by atoms with Crippen molar-refractivity contribution in [3.05, 3.63) is 74.6 Å². The molecule has 0 saturated carbocycles.